The Balaban J connectivity index is 1.76. The molecule has 7 heteroatoms. The van der Waals surface area contributed by atoms with Crippen LogP contribution in [0.1, 0.15) is 24.8 Å². The molecule has 4 atom stereocenters. The van der Waals surface area contributed by atoms with Crippen molar-refractivity contribution in [2.45, 2.75) is 24.9 Å². The molecule has 4 rings (SSSR count). The van der Waals surface area contributed by atoms with Gasteiger partial charge in [-0.3, -0.25) is 14.4 Å². The van der Waals surface area contributed by atoms with Crippen molar-refractivity contribution in [1.29, 1.82) is 0 Å². The lowest BCUT2D eigenvalue weighted by molar-refractivity contribution is -0.150. The van der Waals surface area contributed by atoms with E-state index >= 15 is 0 Å². The molecule has 0 aromatic heterocycles. The van der Waals surface area contributed by atoms with Gasteiger partial charge in [-0.1, -0.05) is 60.1 Å². The first-order chi connectivity index (χ1) is 16.3. The van der Waals surface area contributed by atoms with Gasteiger partial charge in [-0.2, -0.15) is 0 Å². The molecule has 3 N–H and O–H groups in total. The van der Waals surface area contributed by atoms with Gasteiger partial charge >= 0.3 is 0 Å². The number of aliphatic hydroxyl groups is 1. The van der Waals surface area contributed by atoms with Gasteiger partial charge in [0.25, 0.3) is 0 Å². The standard InChI is InChI=1S/C27H25ClN2O4/c1-27(34)16-21(31)23(25(32)29-19-8-4-2-5-9-19)22(17-12-14-18(28)15-13-17)24(27)26(33)30-20-10-6-3-7-11-20/h2-15,22-24,34H,16H2,1H3,(H,29,32)(H,30,33)/t22-,23+,24-,27+/m1/s1. The second kappa shape index (κ2) is 9.79. The van der Waals surface area contributed by atoms with Crippen LogP contribution in [0.25, 0.3) is 0 Å². The quantitative estimate of drug-likeness (QED) is 0.467. The largest absolute Gasteiger partial charge is 0.389 e. The molecule has 174 valence electrons. The third-order valence-electron chi connectivity index (χ3n) is 6.17. The molecule has 3 aromatic carbocycles. The van der Waals surface area contributed by atoms with E-state index in [1.807, 2.05) is 12.1 Å². The molecular formula is C27H25ClN2O4. The van der Waals surface area contributed by atoms with Crippen molar-refractivity contribution in [3.63, 3.8) is 0 Å². The minimum atomic E-state index is -1.66. The van der Waals surface area contributed by atoms with Gasteiger partial charge in [0.15, 0.2) is 0 Å². The van der Waals surface area contributed by atoms with Crippen molar-refractivity contribution in [2.75, 3.05) is 10.6 Å². The first kappa shape index (κ1) is 23.7. The molecule has 0 aliphatic heterocycles. The summed E-state index contributed by atoms with van der Waals surface area (Å²) >= 11 is 6.07. The van der Waals surface area contributed by atoms with Crippen LogP contribution in [0, 0.1) is 11.8 Å². The second-order valence-corrected chi connectivity index (χ2v) is 9.18. The van der Waals surface area contributed by atoms with Crippen LogP contribution >= 0.6 is 11.6 Å². The molecule has 2 amide bonds. The molecule has 3 aromatic rings. The van der Waals surface area contributed by atoms with Crippen molar-refractivity contribution in [2.24, 2.45) is 11.8 Å². The number of rotatable bonds is 5. The minimum Gasteiger partial charge on any atom is -0.389 e. The summed E-state index contributed by atoms with van der Waals surface area (Å²) in [5.41, 5.74) is 0.00122. The topological polar surface area (TPSA) is 95.5 Å². The van der Waals surface area contributed by atoms with E-state index in [-0.39, 0.29) is 6.42 Å². The van der Waals surface area contributed by atoms with Crippen LogP contribution in [0.3, 0.4) is 0 Å². The number of amides is 2. The van der Waals surface area contributed by atoms with Crippen LogP contribution in [0.4, 0.5) is 11.4 Å². The number of Topliss-reactive ketones (excluding diaryl/α,β-unsaturated/α-hetero) is 1. The van der Waals surface area contributed by atoms with Crippen molar-refractivity contribution in [1.82, 2.24) is 0 Å². The third kappa shape index (κ3) is 5.03. The van der Waals surface area contributed by atoms with Crippen LogP contribution in [0.2, 0.25) is 5.02 Å². The van der Waals surface area contributed by atoms with Crippen LogP contribution in [-0.4, -0.2) is 28.3 Å². The Morgan fingerprint density at radius 3 is 1.88 bits per heavy atom. The molecule has 0 bridgehead atoms. The zero-order chi connectivity index (χ0) is 24.3. The molecule has 0 unspecified atom stereocenters. The second-order valence-electron chi connectivity index (χ2n) is 8.74. The third-order valence-corrected chi connectivity index (χ3v) is 6.42. The molecule has 0 heterocycles. The molecule has 1 aliphatic rings. The Hall–Kier alpha value is -3.48. The molecule has 1 fully saturated rings. The van der Waals surface area contributed by atoms with E-state index in [0.29, 0.717) is 22.0 Å². The highest BCUT2D eigenvalue weighted by Gasteiger charge is 2.55. The van der Waals surface area contributed by atoms with Crippen molar-refractivity contribution in [3.8, 4) is 0 Å². The van der Waals surface area contributed by atoms with Crippen LogP contribution in [0.15, 0.2) is 84.9 Å². The maximum Gasteiger partial charge on any atom is 0.235 e. The van der Waals surface area contributed by atoms with E-state index in [1.54, 1.807) is 72.8 Å². The summed E-state index contributed by atoms with van der Waals surface area (Å²) in [5, 5.41) is 17.4. The van der Waals surface area contributed by atoms with Gasteiger partial charge in [0, 0.05) is 28.7 Å². The molecule has 0 radical (unpaired) electrons. The van der Waals surface area contributed by atoms with Gasteiger partial charge in [-0.15, -0.1) is 0 Å². The zero-order valence-corrected chi connectivity index (χ0v) is 19.3. The molecular weight excluding hydrogens is 452 g/mol. The number of anilines is 2. The normalized spacial score (nSPS) is 24.3. The first-order valence-electron chi connectivity index (χ1n) is 11.0. The lowest BCUT2D eigenvalue weighted by atomic mass is 9.61. The number of hydrogen-bond acceptors (Lipinski definition) is 4. The highest BCUT2D eigenvalue weighted by Crippen LogP contribution is 2.46. The average molecular weight is 477 g/mol. The highest BCUT2D eigenvalue weighted by molar-refractivity contribution is 6.30. The van der Waals surface area contributed by atoms with E-state index in [4.69, 9.17) is 11.6 Å². The molecule has 0 spiro atoms. The summed E-state index contributed by atoms with van der Waals surface area (Å²) in [6, 6.07) is 24.3. The van der Waals surface area contributed by atoms with Crippen LogP contribution < -0.4 is 10.6 Å². The van der Waals surface area contributed by atoms with Gasteiger partial charge in [-0.05, 0) is 48.9 Å². The fourth-order valence-corrected chi connectivity index (χ4v) is 4.79. The maximum absolute atomic E-state index is 13.5. The highest BCUT2D eigenvalue weighted by atomic mass is 35.5. The van der Waals surface area contributed by atoms with E-state index in [0.717, 1.165) is 0 Å². The van der Waals surface area contributed by atoms with E-state index in [1.165, 1.54) is 6.92 Å². The van der Waals surface area contributed by atoms with Crippen molar-refractivity contribution < 1.29 is 19.5 Å². The summed E-state index contributed by atoms with van der Waals surface area (Å²) in [4.78, 5) is 40.2. The summed E-state index contributed by atoms with van der Waals surface area (Å²) in [6.45, 7) is 1.47. The Morgan fingerprint density at radius 2 is 1.35 bits per heavy atom. The van der Waals surface area contributed by atoms with Gasteiger partial charge < -0.3 is 15.7 Å². The molecule has 0 saturated heterocycles. The van der Waals surface area contributed by atoms with Crippen molar-refractivity contribution in [3.05, 3.63) is 95.5 Å². The lowest BCUT2D eigenvalue weighted by Gasteiger charge is -2.44. The van der Waals surface area contributed by atoms with E-state index in [9.17, 15) is 19.5 Å². The van der Waals surface area contributed by atoms with Gasteiger partial charge in [0.2, 0.25) is 11.8 Å². The fourth-order valence-electron chi connectivity index (χ4n) is 4.66. The summed E-state index contributed by atoms with van der Waals surface area (Å²) in [7, 11) is 0. The molecule has 1 aliphatic carbocycles. The van der Waals surface area contributed by atoms with Gasteiger partial charge in [0.05, 0.1) is 11.5 Å². The fraction of sp³-hybridized carbons (Fsp3) is 0.222. The molecule has 6 nitrogen and oxygen atoms in total. The average Bonchev–Trinajstić information content (AvgIpc) is 2.79. The predicted molar refractivity (Wildman–Crippen MR) is 132 cm³/mol. The number of carbonyl (C=O) groups is 3. The maximum atomic E-state index is 13.5. The number of ketones is 1. The molecule has 34 heavy (non-hydrogen) atoms. The summed E-state index contributed by atoms with van der Waals surface area (Å²) in [6.07, 6.45) is -0.323. The van der Waals surface area contributed by atoms with Crippen LogP contribution in [-0.2, 0) is 14.4 Å². The Bertz CT molecular complexity index is 1180. The number of para-hydroxylation sites is 2. The SMILES string of the molecule is C[C@]1(O)CC(=O)[C@H](C(=O)Nc2ccccc2)[C@@H](c2ccc(Cl)cc2)[C@@H]1C(=O)Nc1ccccc1. The minimum absolute atomic E-state index is 0.323. The Kier molecular flexibility index (Phi) is 6.82. The number of carbonyl (C=O) groups excluding carboxylic acids is 3. The predicted octanol–water partition coefficient (Wildman–Crippen LogP) is 4.66. The Morgan fingerprint density at radius 1 is 0.853 bits per heavy atom. The smallest absolute Gasteiger partial charge is 0.235 e. The summed E-state index contributed by atoms with van der Waals surface area (Å²) < 4.78 is 0. The lowest BCUT2D eigenvalue weighted by Crippen LogP contribution is -2.56. The monoisotopic (exact) mass is 476 g/mol. The van der Waals surface area contributed by atoms with Crippen molar-refractivity contribution >= 4 is 40.6 Å². The van der Waals surface area contributed by atoms with Crippen LogP contribution in [0.5, 0.6) is 0 Å². The van der Waals surface area contributed by atoms with E-state index < -0.39 is 41.0 Å². The van der Waals surface area contributed by atoms with Gasteiger partial charge in [0.1, 0.15) is 11.7 Å². The first-order valence-corrected chi connectivity index (χ1v) is 11.4. The number of hydrogen-bond donors (Lipinski definition) is 3. The zero-order valence-electron chi connectivity index (χ0n) is 18.6. The summed E-state index contributed by atoms with van der Waals surface area (Å²) in [5.74, 6) is -4.57. The number of halogens is 1. The number of benzene rings is 3. The van der Waals surface area contributed by atoms with Gasteiger partial charge in [-0.25, -0.2) is 0 Å². The molecule has 1 saturated carbocycles. The van der Waals surface area contributed by atoms with E-state index in [2.05, 4.69) is 10.6 Å². The number of nitrogens with one attached hydrogen (secondary N) is 2. The Labute approximate surface area is 203 Å².